The van der Waals surface area contributed by atoms with E-state index < -0.39 is 29.3 Å². The van der Waals surface area contributed by atoms with Gasteiger partial charge in [0.2, 0.25) is 0 Å². The molecule has 0 radical (unpaired) electrons. The lowest BCUT2D eigenvalue weighted by molar-refractivity contribution is -0.132. The lowest BCUT2D eigenvalue weighted by Crippen LogP contribution is -2.49. The molecule has 34 heavy (non-hydrogen) atoms. The highest BCUT2D eigenvalue weighted by atomic mass is 16.2. The zero-order chi connectivity index (χ0) is 24.5. The SMILES string of the molecule is CCCCN1C(=O)c2ccc(C(=O)NN3C(=O)NC(C)(CCc4ccccc4)C3=O)cc2C1=O. The molecule has 2 heterocycles. The number of carbonyl (C=O) groups is 5. The summed E-state index contributed by atoms with van der Waals surface area (Å²) in [6, 6.07) is 13.0. The van der Waals surface area contributed by atoms with Crippen LogP contribution in [0.3, 0.4) is 0 Å². The first-order valence-corrected chi connectivity index (χ1v) is 11.3. The standard InChI is InChI=1S/C25H26N4O5/c1-3-4-14-28-21(31)18-11-10-17(15-19(18)22(28)32)20(30)27-29-23(33)25(2,26-24(29)34)13-12-16-8-6-5-7-9-16/h5-11,15H,3-4,12-14H2,1-2H3,(H,26,34)(H,27,30). The van der Waals surface area contributed by atoms with Gasteiger partial charge < -0.3 is 5.32 Å². The van der Waals surface area contributed by atoms with Crippen molar-refractivity contribution in [2.45, 2.75) is 45.1 Å². The normalized spacial score (nSPS) is 19.5. The number of aryl methyl sites for hydroxylation is 1. The lowest BCUT2D eigenvalue weighted by atomic mass is 9.93. The van der Waals surface area contributed by atoms with Gasteiger partial charge in [-0.05, 0) is 49.9 Å². The molecule has 9 heteroatoms. The Balaban J connectivity index is 1.46. The predicted octanol–water partition coefficient (Wildman–Crippen LogP) is 2.67. The van der Waals surface area contributed by atoms with Gasteiger partial charge in [-0.2, -0.15) is 5.01 Å². The van der Waals surface area contributed by atoms with E-state index in [4.69, 9.17) is 0 Å². The number of nitrogens with zero attached hydrogens (tertiary/aromatic N) is 2. The van der Waals surface area contributed by atoms with Gasteiger partial charge in [0, 0.05) is 12.1 Å². The van der Waals surface area contributed by atoms with Crippen molar-refractivity contribution in [1.29, 1.82) is 0 Å². The number of fused-ring (bicyclic) bond motifs is 1. The molecule has 4 rings (SSSR count). The quantitative estimate of drug-likeness (QED) is 0.462. The van der Waals surface area contributed by atoms with Crippen LogP contribution in [0.15, 0.2) is 48.5 Å². The van der Waals surface area contributed by atoms with E-state index in [0.717, 1.165) is 12.0 Å². The number of hydrazine groups is 1. The summed E-state index contributed by atoms with van der Waals surface area (Å²) >= 11 is 0. The molecule has 1 unspecified atom stereocenters. The van der Waals surface area contributed by atoms with E-state index in [-0.39, 0.29) is 22.6 Å². The highest BCUT2D eigenvalue weighted by Gasteiger charge is 2.48. The highest BCUT2D eigenvalue weighted by Crippen LogP contribution is 2.25. The van der Waals surface area contributed by atoms with Crippen LogP contribution in [0.4, 0.5) is 4.79 Å². The smallest absolute Gasteiger partial charge is 0.322 e. The van der Waals surface area contributed by atoms with Gasteiger partial charge in [0.15, 0.2) is 0 Å². The Morgan fingerprint density at radius 2 is 1.71 bits per heavy atom. The van der Waals surface area contributed by atoms with Gasteiger partial charge in [-0.15, -0.1) is 0 Å². The average molecular weight is 463 g/mol. The van der Waals surface area contributed by atoms with Crippen LogP contribution in [0.5, 0.6) is 0 Å². The summed E-state index contributed by atoms with van der Waals surface area (Å²) < 4.78 is 0. The molecular formula is C25H26N4O5. The molecule has 0 saturated carbocycles. The Bertz CT molecular complexity index is 1180. The Kier molecular flexibility index (Phi) is 6.19. The van der Waals surface area contributed by atoms with Crippen molar-refractivity contribution in [3.8, 4) is 0 Å². The summed E-state index contributed by atoms with van der Waals surface area (Å²) in [6.45, 7) is 3.89. The van der Waals surface area contributed by atoms with Crippen molar-refractivity contribution in [3.63, 3.8) is 0 Å². The minimum Gasteiger partial charge on any atom is -0.322 e. The minimum absolute atomic E-state index is 0.0655. The number of benzene rings is 2. The molecule has 2 aliphatic rings. The van der Waals surface area contributed by atoms with Crippen LogP contribution in [0.1, 0.15) is 69.7 Å². The third kappa shape index (κ3) is 4.16. The van der Waals surface area contributed by atoms with Gasteiger partial charge in [0.25, 0.3) is 23.6 Å². The maximum absolute atomic E-state index is 13.0. The largest absolute Gasteiger partial charge is 0.344 e. The van der Waals surface area contributed by atoms with E-state index in [1.54, 1.807) is 6.92 Å². The molecule has 9 nitrogen and oxygen atoms in total. The van der Waals surface area contributed by atoms with Crippen molar-refractivity contribution >= 4 is 29.7 Å². The van der Waals surface area contributed by atoms with Crippen molar-refractivity contribution < 1.29 is 24.0 Å². The van der Waals surface area contributed by atoms with Crippen LogP contribution in [0.25, 0.3) is 0 Å². The average Bonchev–Trinajstić information content (AvgIpc) is 3.20. The van der Waals surface area contributed by atoms with Crippen LogP contribution in [0, 0.1) is 0 Å². The molecule has 0 aromatic heterocycles. The summed E-state index contributed by atoms with van der Waals surface area (Å²) in [4.78, 5) is 64.6. The maximum Gasteiger partial charge on any atom is 0.344 e. The zero-order valence-corrected chi connectivity index (χ0v) is 19.1. The van der Waals surface area contributed by atoms with Crippen LogP contribution in [-0.2, 0) is 11.2 Å². The lowest BCUT2D eigenvalue weighted by Gasteiger charge is -2.21. The number of hydrogen-bond acceptors (Lipinski definition) is 5. The van der Waals surface area contributed by atoms with E-state index in [9.17, 15) is 24.0 Å². The molecule has 2 aromatic rings. The number of unbranched alkanes of at least 4 members (excludes halogenated alkanes) is 1. The third-order valence-corrected chi connectivity index (χ3v) is 6.20. The molecule has 2 aromatic carbocycles. The molecule has 1 atom stereocenters. The van der Waals surface area contributed by atoms with Crippen molar-refractivity contribution in [1.82, 2.24) is 20.7 Å². The molecule has 176 valence electrons. The van der Waals surface area contributed by atoms with E-state index in [1.165, 1.54) is 23.1 Å². The zero-order valence-electron chi connectivity index (χ0n) is 19.1. The number of imide groups is 2. The summed E-state index contributed by atoms with van der Waals surface area (Å²) in [5, 5.41) is 3.32. The van der Waals surface area contributed by atoms with E-state index in [2.05, 4.69) is 10.7 Å². The molecule has 1 saturated heterocycles. The van der Waals surface area contributed by atoms with Crippen molar-refractivity contribution in [2.24, 2.45) is 0 Å². The Hall–Kier alpha value is -4.01. The fourth-order valence-electron chi connectivity index (χ4n) is 4.11. The van der Waals surface area contributed by atoms with Gasteiger partial charge in [-0.3, -0.25) is 29.5 Å². The van der Waals surface area contributed by atoms with Crippen molar-refractivity contribution in [3.05, 3.63) is 70.8 Å². The number of hydrogen-bond donors (Lipinski definition) is 2. The first-order valence-electron chi connectivity index (χ1n) is 11.3. The fourth-order valence-corrected chi connectivity index (χ4v) is 4.11. The van der Waals surface area contributed by atoms with Gasteiger partial charge in [-0.1, -0.05) is 43.7 Å². The predicted molar refractivity (Wildman–Crippen MR) is 123 cm³/mol. The Labute approximate surface area is 197 Å². The summed E-state index contributed by atoms with van der Waals surface area (Å²) in [6.07, 6.45) is 2.45. The summed E-state index contributed by atoms with van der Waals surface area (Å²) in [5.74, 6) is -2.14. The van der Waals surface area contributed by atoms with Gasteiger partial charge in [0.1, 0.15) is 5.54 Å². The van der Waals surface area contributed by atoms with Crippen LogP contribution in [0.2, 0.25) is 0 Å². The maximum atomic E-state index is 13.0. The van der Waals surface area contributed by atoms with Crippen molar-refractivity contribution in [2.75, 3.05) is 6.54 Å². The first kappa shape index (κ1) is 23.2. The fraction of sp³-hybridized carbons (Fsp3) is 0.320. The molecule has 2 aliphatic heterocycles. The highest BCUT2D eigenvalue weighted by molar-refractivity contribution is 6.22. The second kappa shape index (κ2) is 9.09. The molecule has 0 bridgehead atoms. The third-order valence-electron chi connectivity index (χ3n) is 6.20. The monoisotopic (exact) mass is 462 g/mol. The summed E-state index contributed by atoms with van der Waals surface area (Å²) in [5.41, 5.74) is 2.63. The molecule has 1 fully saturated rings. The number of amides is 6. The van der Waals surface area contributed by atoms with Gasteiger partial charge >= 0.3 is 6.03 Å². The molecule has 6 amide bonds. The van der Waals surface area contributed by atoms with Crippen LogP contribution in [-0.4, -0.2) is 51.7 Å². The van der Waals surface area contributed by atoms with E-state index in [0.29, 0.717) is 30.8 Å². The van der Waals surface area contributed by atoms with Gasteiger partial charge in [0.05, 0.1) is 11.1 Å². The first-order chi connectivity index (χ1) is 16.2. The second-order valence-electron chi connectivity index (χ2n) is 8.71. The molecule has 2 N–H and O–H groups in total. The molecule has 0 spiro atoms. The number of rotatable bonds is 8. The number of nitrogens with one attached hydrogen (secondary N) is 2. The van der Waals surface area contributed by atoms with Gasteiger partial charge in [-0.25, -0.2) is 4.79 Å². The minimum atomic E-state index is -1.17. The van der Waals surface area contributed by atoms with E-state index >= 15 is 0 Å². The Morgan fingerprint density at radius 1 is 1.00 bits per heavy atom. The second-order valence-corrected chi connectivity index (χ2v) is 8.71. The number of carbonyl (C=O) groups excluding carboxylic acids is 5. The summed E-state index contributed by atoms with van der Waals surface area (Å²) in [7, 11) is 0. The van der Waals surface area contributed by atoms with Crippen LogP contribution < -0.4 is 10.7 Å². The molecule has 0 aliphatic carbocycles. The topological polar surface area (TPSA) is 116 Å². The number of urea groups is 1. The molecular weight excluding hydrogens is 436 g/mol. The Morgan fingerprint density at radius 3 is 2.41 bits per heavy atom. The van der Waals surface area contributed by atoms with Crippen LogP contribution >= 0.6 is 0 Å². The van der Waals surface area contributed by atoms with E-state index in [1.807, 2.05) is 37.3 Å².